The van der Waals surface area contributed by atoms with Crippen LogP contribution < -0.4 is 4.90 Å². The Morgan fingerprint density at radius 1 is 1.16 bits per heavy atom. The zero-order valence-electron chi connectivity index (χ0n) is 10.2. The molecule has 0 atom stereocenters. The minimum Gasteiger partial charge on any atom is -0.504 e. The standard InChI is InChI=1S/C13H14N2O3S/c16-11-2-1-9(7-12(11)17)10-8-19-13(14-10)15-3-5-18-6-4-15/h1-2,7-8,16-17H,3-6H2. The number of ether oxygens (including phenoxy) is 1. The third kappa shape index (κ3) is 2.50. The average molecular weight is 278 g/mol. The molecule has 2 N–H and O–H groups in total. The van der Waals surface area contributed by atoms with Gasteiger partial charge < -0.3 is 19.8 Å². The molecule has 0 spiro atoms. The van der Waals surface area contributed by atoms with Crippen LogP contribution >= 0.6 is 11.3 Å². The second-order valence-electron chi connectivity index (χ2n) is 4.32. The number of rotatable bonds is 2. The first-order chi connectivity index (χ1) is 9.24. The van der Waals surface area contributed by atoms with E-state index in [0.717, 1.165) is 42.7 Å². The number of thiazole rings is 1. The van der Waals surface area contributed by atoms with Gasteiger partial charge in [-0.2, -0.15) is 0 Å². The summed E-state index contributed by atoms with van der Waals surface area (Å²) in [4.78, 5) is 6.76. The predicted molar refractivity (Wildman–Crippen MR) is 73.9 cm³/mol. The topological polar surface area (TPSA) is 65.8 Å². The first-order valence-electron chi connectivity index (χ1n) is 6.04. The van der Waals surface area contributed by atoms with Crippen LogP contribution in [0.5, 0.6) is 11.5 Å². The highest BCUT2D eigenvalue weighted by molar-refractivity contribution is 7.14. The molecule has 0 unspecified atom stereocenters. The third-order valence-corrected chi connectivity index (χ3v) is 3.95. The highest BCUT2D eigenvalue weighted by Crippen LogP contribution is 2.33. The number of phenolic OH excluding ortho intramolecular Hbond substituents is 2. The zero-order chi connectivity index (χ0) is 13.2. The lowest BCUT2D eigenvalue weighted by atomic mass is 10.1. The Kier molecular flexibility index (Phi) is 3.27. The third-order valence-electron chi connectivity index (χ3n) is 3.04. The fraction of sp³-hybridized carbons (Fsp3) is 0.308. The second kappa shape index (κ2) is 5.07. The van der Waals surface area contributed by atoms with Gasteiger partial charge in [-0.3, -0.25) is 0 Å². The van der Waals surface area contributed by atoms with Crippen molar-refractivity contribution >= 4 is 16.5 Å². The summed E-state index contributed by atoms with van der Waals surface area (Å²) in [6.45, 7) is 3.17. The summed E-state index contributed by atoms with van der Waals surface area (Å²) in [7, 11) is 0. The Labute approximate surface area is 114 Å². The van der Waals surface area contributed by atoms with Crippen molar-refractivity contribution < 1.29 is 14.9 Å². The van der Waals surface area contributed by atoms with E-state index in [1.165, 1.54) is 12.1 Å². The molecule has 1 aromatic carbocycles. The number of benzene rings is 1. The summed E-state index contributed by atoms with van der Waals surface area (Å²) in [6.07, 6.45) is 0. The van der Waals surface area contributed by atoms with E-state index in [2.05, 4.69) is 9.88 Å². The number of anilines is 1. The number of aromatic hydroxyl groups is 2. The second-order valence-corrected chi connectivity index (χ2v) is 5.15. The van der Waals surface area contributed by atoms with Crippen molar-refractivity contribution in [2.75, 3.05) is 31.2 Å². The molecule has 100 valence electrons. The number of aromatic nitrogens is 1. The number of hydrogen-bond acceptors (Lipinski definition) is 6. The lowest BCUT2D eigenvalue weighted by molar-refractivity contribution is 0.122. The fourth-order valence-electron chi connectivity index (χ4n) is 1.98. The van der Waals surface area contributed by atoms with Crippen molar-refractivity contribution in [1.82, 2.24) is 4.98 Å². The van der Waals surface area contributed by atoms with Gasteiger partial charge in [-0.1, -0.05) is 0 Å². The first-order valence-corrected chi connectivity index (χ1v) is 6.92. The van der Waals surface area contributed by atoms with Crippen molar-refractivity contribution in [3.05, 3.63) is 23.6 Å². The number of hydrogen-bond donors (Lipinski definition) is 2. The van der Waals surface area contributed by atoms with Crippen LogP contribution in [0.2, 0.25) is 0 Å². The molecule has 0 amide bonds. The molecule has 0 bridgehead atoms. The van der Waals surface area contributed by atoms with Crippen LogP contribution in [-0.4, -0.2) is 41.5 Å². The van der Waals surface area contributed by atoms with E-state index >= 15 is 0 Å². The summed E-state index contributed by atoms with van der Waals surface area (Å²) < 4.78 is 5.32. The van der Waals surface area contributed by atoms with E-state index in [4.69, 9.17) is 4.74 Å². The van der Waals surface area contributed by atoms with Crippen LogP contribution in [0, 0.1) is 0 Å². The molecule has 0 radical (unpaired) electrons. The number of morpholine rings is 1. The Bertz CT molecular complexity index is 579. The molecule has 0 saturated carbocycles. The van der Waals surface area contributed by atoms with Crippen LogP contribution in [0.3, 0.4) is 0 Å². The lowest BCUT2D eigenvalue weighted by Gasteiger charge is -2.26. The quantitative estimate of drug-likeness (QED) is 0.823. The van der Waals surface area contributed by atoms with Gasteiger partial charge in [0.05, 0.1) is 18.9 Å². The molecule has 19 heavy (non-hydrogen) atoms. The van der Waals surface area contributed by atoms with Crippen LogP contribution in [-0.2, 0) is 4.74 Å². The van der Waals surface area contributed by atoms with Gasteiger partial charge >= 0.3 is 0 Å². The fourth-order valence-corrected chi connectivity index (χ4v) is 2.87. The molecule has 1 aliphatic heterocycles. The summed E-state index contributed by atoms with van der Waals surface area (Å²) in [6, 6.07) is 4.74. The van der Waals surface area contributed by atoms with Crippen molar-refractivity contribution in [1.29, 1.82) is 0 Å². The maximum atomic E-state index is 9.52. The van der Waals surface area contributed by atoms with Crippen LogP contribution in [0.4, 0.5) is 5.13 Å². The number of nitrogens with zero attached hydrogens (tertiary/aromatic N) is 2. The van der Waals surface area contributed by atoms with Crippen LogP contribution in [0.1, 0.15) is 0 Å². The molecular weight excluding hydrogens is 264 g/mol. The van der Waals surface area contributed by atoms with Gasteiger partial charge in [0.15, 0.2) is 16.6 Å². The van der Waals surface area contributed by atoms with Crippen molar-refractivity contribution in [3.8, 4) is 22.8 Å². The van der Waals surface area contributed by atoms with E-state index in [1.807, 2.05) is 5.38 Å². The van der Waals surface area contributed by atoms with Gasteiger partial charge in [0.1, 0.15) is 0 Å². The summed E-state index contributed by atoms with van der Waals surface area (Å²) in [5, 5.41) is 21.7. The van der Waals surface area contributed by atoms with Crippen molar-refractivity contribution in [3.63, 3.8) is 0 Å². The Hall–Kier alpha value is -1.79. The number of phenols is 2. The minimum atomic E-state index is -0.126. The Morgan fingerprint density at radius 2 is 1.95 bits per heavy atom. The summed E-state index contributed by atoms with van der Waals surface area (Å²) in [5.41, 5.74) is 1.60. The van der Waals surface area contributed by atoms with Crippen molar-refractivity contribution in [2.24, 2.45) is 0 Å². The molecule has 2 aromatic rings. The molecule has 1 aromatic heterocycles. The highest BCUT2D eigenvalue weighted by atomic mass is 32.1. The molecule has 3 rings (SSSR count). The normalized spacial score (nSPS) is 15.7. The molecule has 0 aliphatic carbocycles. The van der Waals surface area contributed by atoms with Gasteiger partial charge in [0, 0.05) is 24.0 Å². The zero-order valence-corrected chi connectivity index (χ0v) is 11.1. The van der Waals surface area contributed by atoms with Gasteiger partial charge in [-0.05, 0) is 18.2 Å². The van der Waals surface area contributed by atoms with Crippen LogP contribution in [0.25, 0.3) is 11.3 Å². The highest BCUT2D eigenvalue weighted by Gasteiger charge is 2.15. The van der Waals surface area contributed by atoms with E-state index in [1.54, 1.807) is 17.4 Å². The first kappa shape index (κ1) is 12.3. The summed E-state index contributed by atoms with van der Waals surface area (Å²) >= 11 is 1.58. The van der Waals surface area contributed by atoms with E-state index < -0.39 is 0 Å². The smallest absolute Gasteiger partial charge is 0.186 e. The SMILES string of the molecule is Oc1ccc(-c2csc(N3CCOCC3)n2)cc1O. The molecule has 6 heteroatoms. The van der Waals surface area contributed by atoms with Gasteiger partial charge in [-0.25, -0.2) is 4.98 Å². The maximum absolute atomic E-state index is 9.52. The van der Waals surface area contributed by atoms with Crippen LogP contribution in [0.15, 0.2) is 23.6 Å². The van der Waals surface area contributed by atoms with Gasteiger partial charge in [-0.15, -0.1) is 11.3 Å². The molecule has 5 nitrogen and oxygen atoms in total. The predicted octanol–water partition coefficient (Wildman–Crippen LogP) is 2.06. The van der Waals surface area contributed by atoms with E-state index in [9.17, 15) is 10.2 Å². The molecular formula is C13H14N2O3S. The molecule has 1 saturated heterocycles. The largest absolute Gasteiger partial charge is 0.504 e. The summed E-state index contributed by atoms with van der Waals surface area (Å²) in [5.74, 6) is -0.245. The van der Waals surface area contributed by atoms with E-state index in [-0.39, 0.29) is 11.5 Å². The van der Waals surface area contributed by atoms with Gasteiger partial charge in [0.2, 0.25) is 0 Å². The lowest BCUT2D eigenvalue weighted by Crippen LogP contribution is -2.36. The molecule has 2 heterocycles. The molecule has 1 aliphatic rings. The van der Waals surface area contributed by atoms with Gasteiger partial charge in [0.25, 0.3) is 0 Å². The van der Waals surface area contributed by atoms with E-state index in [0.29, 0.717) is 0 Å². The monoisotopic (exact) mass is 278 g/mol. The van der Waals surface area contributed by atoms with Crippen molar-refractivity contribution in [2.45, 2.75) is 0 Å². The Morgan fingerprint density at radius 3 is 2.68 bits per heavy atom. The minimum absolute atomic E-state index is 0.118. The molecule has 1 fully saturated rings. The maximum Gasteiger partial charge on any atom is 0.186 e. The Balaban J connectivity index is 1.85. The average Bonchev–Trinajstić information content (AvgIpc) is 2.93.